The summed E-state index contributed by atoms with van der Waals surface area (Å²) in [6, 6.07) is 1.94. The first kappa shape index (κ1) is 20.1. The largest absolute Gasteiger partial charge is 0.332 e. The quantitative estimate of drug-likeness (QED) is 0.742. The second-order valence-corrected chi connectivity index (χ2v) is 11.4. The molecule has 0 amide bonds. The Morgan fingerprint density at radius 3 is 2.13 bits per heavy atom. The molecule has 6 heteroatoms. The highest BCUT2D eigenvalue weighted by Gasteiger charge is 2.55. The number of aromatic nitrogens is 2. The maximum absolute atomic E-state index is 11.5. The van der Waals surface area contributed by atoms with Gasteiger partial charge in [-0.3, -0.25) is 4.79 Å². The van der Waals surface area contributed by atoms with Gasteiger partial charge in [-0.2, -0.15) is 0 Å². The van der Waals surface area contributed by atoms with Gasteiger partial charge in [-0.15, -0.1) is 0 Å². The Hall–Kier alpha value is -1.53. The first-order valence-electron chi connectivity index (χ1n) is 12.5. The molecular formula is C25H37N5O. The molecule has 4 heterocycles. The molecule has 6 rings (SSSR count). The summed E-state index contributed by atoms with van der Waals surface area (Å²) < 4.78 is 0. The van der Waals surface area contributed by atoms with Gasteiger partial charge in [0.1, 0.15) is 5.78 Å². The summed E-state index contributed by atoms with van der Waals surface area (Å²) in [4.78, 5) is 28.9. The van der Waals surface area contributed by atoms with E-state index in [1.807, 2.05) is 0 Å². The van der Waals surface area contributed by atoms with Gasteiger partial charge in [0.15, 0.2) is 0 Å². The molecule has 0 N–H and O–H groups in total. The van der Waals surface area contributed by atoms with Crippen LogP contribution in [0.5, 0.6) is 0 Å². The molecule has 2 unspecified atom stereocenters. The van der Waals surface area contributed by atoms with Crippen LogP contribution in [0.3, 0.4) is 0 Å². The van der Waals surface area contributed by atoms with Crippen molar-refractivity contribution in [3.63, 3.8) is 0 Å². The first-order valence-corrected chi connectivity index (χ1v) is 12.5. The number of likely N-dealkylation sites (N-methyl/N-ethyl adjacent to an activating group) is 1. The van der Waals surface area contributed by atoms with Crippen molar-refractivity contribution in [2.24, 2.45) is 11.3 Å². The molecule has 6 nitrogen and oxygen atoms in total. The zero-order valence-electron chi connectivity index (χ0n) is 19.2. The number of hydrogen-bond donors (Lipinski definition) is 0. The van der Waals surface area contributed by atoms with E-state index in [9.17, 15) is 4.79 Å². The van der Waals surface area contributed by atoms with Crippen LogP contribution in [0.15, 0.2) is 12.4 Å². The van der Waals surface area contributed by atoms with Crippen LogP contribution in [0.2, 0.25) is 0 Å². The number of likely N-dealkylation sites (tertiary alicyclic amines) is 2. The van der Waals surface area contributed by atoms with Crippen LogP contribution < -0.4 is 4.90 Å². The number of carbonyl (C=O) groups excluding carboxylic acids is 1. The molecule has 1 aromatic rings. The molecule has 2 saturated carbocycles. The molecule has 5 fully saturated rings. The van der Waals surface area contributed by atoms with Crippen LogP contribution in [0.25, 0.3) is 0 Å². The summed E-state index contributed by atoms with van der Waals surface area (Å²) in [6.07, 6.45) is 14.2. The minimum atomic E-state index is 0.371. The lowest BCUT2D eigenvalue weighted by Gasteiger charge is -2.60. The van der Waals surface area contributed by atoms with Gasteiger partial charge in [0.25, 0.3) is 0 Å². The van der Waals surface area contributed by atoms with E-state index in [1.54, 1.807) is 6.92 Å². The van der Waals surface area contributed by atoms with Crippen molar-refractivity contribution in [2.45, 2.75) is 82.3 Å². The summed E-state index contributed by atoms with van der Waals surface area (Å²) in [5.41, 5.74) is 1.86. The molecule has 0 radical (unpaired) electrons. The summed E-state index contributed by atoms with van der Waals surface area (Å²) in [5.74, 6) is 2.33. The Bertz CT molecular complexity index is 805. The Kier molecular flexibility index (Phi) is 4.87. The van der Waals surface area contributed by atoms with Crippen LogP contribution >= 0.6 is 0 Å². The molecule has 2 aliphatic carbocycles. The number of anilines is 1. The topological polar surface area (TPSA) is 52.6 Å². The third-order valence-corrected chi connectivity index (χ3v) is 9.34. The Balaban J connectivity index is 1.01. The van der Waals surface area contributed by atoms with Crippen molar-refractivity contribution < 1.29 is 4.79 Å². The van der Waals surface area contributed by atoms with Crippen LogP contribution in [-0.2, 0) is 4.79 Å². The third-order valence-electron chi connectivity index (χ3n) is 9.34. The molecule has 168 valence electrons. The molecular weight excluding hydrogens is 386 g/mol. The standard InChI is InChI=1S/C25H37N5O/c1-17(31)19-9-25(10-19)11-23(12-25)29-7-5-18(6-8-29)20-13-26-24(27-14-20)30-21-3-4-22(30)16-28(2)15-21/h13-14,18-19,21-23H,3-12,15-16H2,1-2H3. The maximum Gasteiger partial charge on any atom is 0.225 e. The number of fused-ring (bicyclic) bond motifs is 2. The van der Waals surface area contributed by atoms with E-state index >= 15 is 0 Å². The van der Waals surface area contributed by atoms with Crippen LogP contribution in [0.1, 0.15) is 69.8 Å². The molecule has 1 aromatic heterocycles. The summed E-state index contributed by atoms with van der Waals surface area (Å²) in [6.45, 7) is 6.44. The van der Waals surface area contributed by atoms with Crippen molar-refractivity contribution in [1.29, 1.82) is 0 Å². The number of rotatable bonds is 4. The number of piperidine rings is 1. The number of piperazine rings is 1. The van der Waals surface area contributed by atoms with Gasteiger partial charge in [0.05, 0.1) is 0 Å². The van der Waals surface area contributed by atoms with E-state index in [0.29, 0.717) is 35.1 Å². The van der Waals surface area contributed by atoms with E-state index < -0.39 is 0 Å². The highest BCUT2D eigenvalue weighted by Crippen LogP contribution is 2.60. The first-order chi connectivity index (χ1) is 15.0. The predicted molar refractivity (Wildman–Crippen MR) is 121 cm³/mol. The zero-order chi connectivity index (χ0) is 21.2. The van der Waals surface area contributed by atoms with E-state index in [-0.39, 0.29) is 0 Å². The van der Waals surface area contributed by atoms with E-state index in [0.717, 1.165) is 37.9 Å². The summed E-state index contributed by atoms with van der Waals surface area (Å²) >= 11 is 0. The zero-order valence-corrected chi connectivity index (χ0v) is 19.2. The molecule has 5 aliphatic rings. The smallest absolute Gasteiger partial charge is 0.225 e. The number of Topliss-reactive ketones (excluding diaryl/α,β-unsaturated/α-hetero) is 1. The van der Waals surface area contributed by atoms with E-state index in [4.69, 9.17) is 9.97 Å². The van der Waals surface area contributed by atoms with Crippen molar-refractivity contribution in [3.05, 3.63) is 18.0 Å². The number of hydrogen-bond acceptors (Lipinski definition) is 6. The van der Waals surface area contributed by atoms with Gasteiger partial charge in [-0.1, -0.05) is 0 Å². The Morgan fingerprint density at radius 2 is 1.55 bits per heavy atom. The van der Waals surface area contributed by atoms with E-state index in [1.165, 1.54) is 57.2 Å². The second kappa shape index (κ2) is 7.51. The van der Waals surface area contributed by atoms with Crippen molar-refractivity contribution >= 4 is 11.7 Å². The molecule has 2 bridgehead atoms. The average Bonchev–Trinajstić information content (AvgIpc) is 2.97. The van der Waals surface area contributed by atoms with Crippen molar-refractivity contribution in [2.75, 3.05) is 38.1 Å². The van der Waals surface area contributed by atoms with Gasteiger partial charge in [-0.05, 0) is 95.3 Å². The molecule has 1 spiro atoms. The van der Waals surface area contributed by atoms with Crippen LogP contribution in [0.4, 0.5) is 5.95 Å². The van der Waals surface area contributed by atoms with Gasteiger partial charge >= 0.3 is 0 Å². The normalized spacial score (nSPS) is 38.8. The fraction of sp³-hybridized carbons (Fsp3) is 0.800. The van der Waals surface area contributed by atoms with Gasteiger partial charge in [0.2, 0.25) is 5.95 Å². The SMILES string of the molecule is CC(=O)C1CC2(C1)CC(N1CCC(c3cnc(N4C5CCC4CN(C)C5)nc3)CC1)C2. The molecule has 3 aliphatic heterocycles. The Labute approximate surface area is 186 Å². The van der Waals surface area contributed by atoms with Gasteiger partial charge in [0, 0.05) is 49.5 Å². The Morgan fingerprint density at radius 1 is 0.935 bits per heavy atom. The lowest BCUT2D eigenvalue weighted by atomic mass is 9.49. The predicted octanol–water partition coefficient (Wildman–Crippen LogP) is 3.09. The fourth-order valence-corrected chi connectivity index (χ4v) is 7.52. The monoisotopic (exact) mass is 423 g/mol. The van der Waals surface area contributed by atoms with Gasteiger partial charge < -0.3 is 14.7 Å². The van der Waals surface area contributed by atoms with Crippen molar-refractivity contribution in [3.8, 4) is 0 Å². The minimum absolute atomic E-state index is 0.371. The molecule has 2 atom stereocenters. The number of nitrogens with zero attached hydrogens (tertiary/aromatic N) is 5. The molecule has 0 aromatic carbocycles. The summed E-state index contributed by atoms with van der Waals surface area (Å²) in [5, 5.41) is 0. The van der Waals surface area contributed by atoms with Crippen molar-refractivity contribution in [1.82, 2.24) is 19.8 Å². The second-order valence-electron chi connectivity index (χ2n) is 11.4. The van der Waals surface area contributed by atoms with Crippen LogP contribution in [0, 0.1) is 11.3 Å². The molecule has 31 heavy (non-hydrogen) atoms. The number of carbonyl (C=O) groups is 1. The molecule has 3 saturated heterocycles. The highest BCUT2D eigenvalue weighted by atomic mass is 16.1. The third kappa shape index (κ3) is 3.50. The number of ketones is 1. The van der Waals surface area contributed by atoms with E-state index in [2.05, 4.69) is 34.1 Å². The van der Waals surface area contributed by atoms with Gasteiger partial charge in [-0.25, -0.2) is 9.97 Å². The lowest BCUT2D eigenvalue weighted by Crippen LogP contribution is -2.58. The highest BCUT2D eigenvalue weighted by molar-refractivity contribution is 5.79. The minimum Gasteiger partial charge on any atom is -0.332 e. The van der Waals surface area contributed by atoms with Crippen LogP contribution in [-0.4, -0.2) is 76.9 Å². The maximum atomic E-state index is 11.5. The average molecular weight is 424 g/mol. The lowest BCUT2D eigenvalue weighted by molar-refractivity contribution is -0.139. The summed E-state index contributed by atoms with van der Waals surface area (Å²) in [7, 11) is 2.23. The fourth-order valence-electron chi connectivity index (χ4n) is 7.52.